The van der Waals surface area contributed by atoms with Gasteiger partial charge < -0.3 is 5.11 Å². The van der Waals surface area contributed by atoms with Crippen LogP contribution in [0.5, 0.6) is 0 Å². The van der Waals surface area contributed by atoms with E-state index in [0.717, 1.165) is 24.2 Å². The summed E-state index contributed by atoms with van der Waals surface area (Å²) in [5, 5.41) is 13.1. The van der Waals surface area contributed by atoms with Crippen molar-refractivity contribution in [3.8, 4) is 11.2 Å². The minimum absolute atomic E-state index is 0.742. The highest BCUT2D eigenvalue weighted by Gasteiger charge is 2.21. The SMILES string of the molecule is OC1(C#CSc2ccccc2)C=CCCC1. The molecule has 1 aliphatic rings. The van der Waals surface area contributed by atoms with Gasteiger partial charge in [-0.15, -0.1) is 0 Å². The zero-order chi connectivity index (χ0) is 11.3. The monoisotopic (exact) mass is 230 g/mol. The molecule has 16 heavy (non-hydrogen) atoms. The third-order valence-electron chi connectivity index (χ3n) is 2.50. The number of aliphatic hydroxyl groups is 1. The highest BCUT2D eigenvalue weighted by molar-refractivity contribution is 8.03. The van der Waals surface area contributed by atoms with Crippen LogP contribution < -0.4 is 0 Å². The molecular formula is C14H14OS. The van der Waals surface area contributed by atoms with Gasteiger partial charge in [-0.3, -0.25) is 0 Å². The first kappa shape index (κ1) is 11.3. The fourth-order valence-electron chi connectivity index (χ4n) is 1.62. The Kier molecular flexibility index (Phi) is 3.71. The fraction of sp³-hybridized carbons (Fsp3) is 0.286. The van der Waals surface area contributed by atoms with Crippen LogP contribution in [0, 0.1) is 11.2 Å². The van der Waals surface area contributed by atoms with E-state index in [1.807, 2.05) is 42.5 Å². The first-order valence-corrected chi connectivity index (χ1v) is 6.24. The molecule has 0 fully saturated rings. The van der Waals surface area contributed by atoms with E-state index in [0.29, 0.717) is 0 Å². The Hall–Kier alpha value is -1.17. The first-order chi connectivity index (χ1) is 7.79. The van der Waals surface area contributed by atoms with Crippen LogP contribution in [-0.4, -0.2) is 10.7 Å². The first-order valence-electron chi connectivity index (χ1n) is 5.43. The Morgan fingerprint density at radius 1 is 1.25 bits per heavy atom. The molecule has 1 nitrogen and oxygen atoms in total. The fourth-order valence-corrected chi connectivity index (χ4v) is 2.26. The molecule has 0 aromatic heterocycles. The molecule has 1 atom stereocenters. The predicted molar refractivity (Wildman–Crippen MR) is 68.0 cm³/mol. The summed E-state index contributed by atoms with van der Waals surface area (Å²) in [4.78, 5) is 1.11. The molecule has 1 aliphatic carbocycles. The van der Waals surface area contributed by atoms with Gasteiger partial charge in [0.25, 0.3) is 0 Å². The largest absolute Gasteiger partial charge is 0.374 e. The second kappa shape index (κ2) is 5.25. The van der Waals surface area contributed by atoms with Crippen LogP contribution in [0.15, 0.2) is 47.4 Å². The van der Waals surface area contributed by atoms with Crippen molar-refractivity contribution in [2.24, 2.45) is 0 Å². The molecule has 0 amide bonds. The van der Waals surface area contributed by atoms with Crippen LogP contribution in [0.1, 0.15) is 19.3 Å². The summed E-state index contributed by atoms with van der Waals surface area (Å²) in [5.74, 6) is 2.93. The van der Waals surface area contributed by atoms with Crippen LogP contribution in [-0.2, 0) is 0 Å². The Balaban J connectivity index is 2.00. The van der Waals surface area contributed by atoms with Gasteiger partial charge in [-0.2, -0.15) is 0 Å². The van der Waals surface area contributed by atoms with E-state index < -0.39 is 5.60 Å². The Morgan fingerprint density at radius 2 is 2.06 bits per heavy atom. The van der Waals surface area contributed by atoms with Crippen LogP contribution in [0.2, 0.25) is 0 Å². The minimum Gasteiger partial charge on any atom is -0.374 e. The van der Waals surface area contributed by atoms with Crippen LogP contribution >= 0.6 is 11.8 Å². The summed E-state index contributed by atoms with van der Waals surface area (Å²) in [6, 6.07) is 9.98. The standard InChI is InChI=1S/C14H14OS/c15-14(9-5-2-6-10-14)11-12-16-13-7-3-1-4-8-13/h1,3-5,7-9,15H,2,6,10H2. The third kappa shape index (κ3) is 3.16. The smallest absolute Gasteiger partial charge is 0.145 e. The van der Waals surface area contributed by atoms with Gasteiger partial charge in [-0.25, -0.2) is 0 Å². The number of rotatable bonds is 1. The molecular weight excluding hydrogens is 216 g/mol. The average Bonchev–Trinajstić information content (AvgIpc) is 2.31. The number of hydrogen-bond donors (Lipinski definition) is 1. The van der Waals surface area contributed by atoms with Crippen molar-refractivity contribution in [1.29, 1.82) is 0 Å². The van der Waals surface area contributed by atoms with Crippen molar-refractivity contribution in [3.63, 3.8) is 0 Å². The zero-order valence-corrected chi connectivity index (χ0v) is 9.83. The highest BCUT2D eigenvalue weighted by Crippen LogP contribution is 2.22. The molecule has 1 aromatic carbocycles. The maximum Gasteiger partial charge on any atom is 0.145 e. The Morgan fingerprint density at radius 3 is 2.75 bits per heavy atom. The van der Waals surface area contributed by atoms with Gasteiger partial charge in [-0.05, 0) is 54.5 Å². The lowest BCUT2D eigenvalue weighted by Gasteiger charge is -2.20. The molecule has 0 saturated heterocycles. The summed E-state index contributed by atoms with van der Waals surface area (Å²) < 4.78 is 0. The van der Waals surface area contributed by atoms with Crippen LogP contribution in [0.3, 0.4) is 0 Å². The van der Waals surface area contributed by atoms with Crippen molar-refractivity contribution in [2.45, 2.75) is 29.8 Å². The van der Waals surface area contributed by atoms with Crippen LogP contribution in [0.25, 0.3) is 0 Å². The van der Waals surface area contributed by atoms with Gasteiger partial charge >= 0.3 is 0 Å². The van der Waals surface area contributed by atoms with E-state index in [2.05, 4.69) is 11.2 Å². The maximum atomic E-state index is 10.1. The van der Waals surface area contributed by atoms with Gasteiger partial charge in [0.2, 0.25) is 0 Å². The molecule has 1 unspecified atom stereocenters. The molecule has 82 valence electrons. The number of hydrogen-bond acceptors (Lipinski definition) is 2. The number of benzene rings is 1. The molecule has 0 spiro atoms. The minimum atomic E-state index is -0.903. The lowest BCUT2D eigenvalue weighted by Crippen LogP contribution is -2.25. The Bertz CT molecular complexity index is 427. The molecule has 1 aromatic rings. The van der Waals surface area contributed by atoms with Crippen molar-refractivity contribution in [1.82, 2.24) is 0 Å². The quantitative estimate of drug-likeness (QED) is 0.454. The van der Waals surface area contributed by atoms with E-state index in [-0.39, 0.29) is 0 Å². The Labute approximate surface area is 101 Å². The summed E-state index contributed by atoms with van der Waals surface area (Å²) in [6.45, 7) is 0. The van der Waals surface area contributed by atoms with Crippen molar-refractivity contribution < 1.29 is 5.11 Å². The summed E-state index contributed by atoms with van der Waals surface area (Å²) >= 11 is 1.46. The number of thioether (sulfide) groups is 1. The molecule has 2 heteroatoms. The molecule has 1 N–H and O–H groups in total. The summed E-state index contributed by atoms with van der Waals surface area (Å²) in [7, 11) is 0. The molecule has 0 radical (unpaired) electrons. The molecule has 0 heterocycles. The van der Waals surface area contributed by atoms with E-state index in [1.54, 1.807) is 0 Å². The summed E-state index contributed by atoms with van der Waals surface area (Å²) in [5.41, 5.74) is -0.903. The van der Waals surface area contributed by atoms with E-state index >= 15 is 0 Å². The van der Waals surface area contributed by atoms with Gasteiger partial charge in [0.1, 0.15) is 5.60 Å². The van der Waals surface area contributed by atoms with Crippen LogP contribution in [0.4, 0.5) is 0 Å². The molecule has 0 saturated carbocycles. The average molecular weight is 230 g/mol. The van der Waals surface area contributed by atoms with Gasteiger partial charge in [0.05, 0.1) is 0 Å². The highest BCUT2D eigenvalue weighted by atomic mass is 32.2. The van der Waals surface area contributed by atoms with Crippen molar-refractivity contribution >= 4 is 11.8 Å². The lowest BCUT2D eigenvalue weighted by atomic mass is 9.92. The predicted octanol–water partition coefficient (Wildman–Crippen LogP) is 3.21. The maximum absolute atomic E-state index is 10.1. The van der Waals surface area contributed by atoms with Gasteiger partial charge in [-0.1, -0.05) is 30.2 Å². The normalized spacial score (nSPS) is 23.6. The second-order valence-corrected chi connectivity index (χ2v) is 4.74. The van der Waals surface area contributed by atoms with Gasteiger partial charge in [0.15, 0.2) is 0 Å². The van der Waals surface area contributed by atoms with E-state index in [1.165, 1.54) is 11.8 Å². The molecule has 2 rings (SSSR count). The molecule has 0 bridgehead atoms. The molecule has 0 aliphatic heterocycles. The third-order valence-corrected chi connectivity index (χ3v) is 3.21. The number of allylic oxidation sites excluding steroid dienone is 1. The van der Waals surface area contributed by atoms with E-state index in [4.69, 9.17) is 0 Å². The topological polar surface area (TPSA) is 20.2 Å². The zero-order valence-electron chi connectivity index (χ0n) is 9.02. The van der Waals surface area contributed by atoms with Crippen molar-refractivity contribution in [2.75, 3.05) is 0 Å². The summed E-state index contributed by atoms with van der Waals surface area (Å²) in [6.07, 6.45) is 6.62. The van der Waals surface area contributed by atoms with Crippen molar-refractivity contribution in [3.05, 3.63) is 42.5 Å². The second-order valence-electron chi connectivity index (χ2n) is 3.86. The lowest BCUT2D eigenvalue weighted by molar-refractivity contribution is 0.135. The van der Waals surface area contributed by atoms with E-state index in [9.17, 15) is 5.11 Å². The van der Waals surface area contributed by atoms with Gasteiger partial charge in [0, 0.05) is 4.90 Å².